The van der Waals surface area contributed by atoms with Crippen LogP contribution in [0.3, 0.4) is 0 Å². The molecular weight excluding hydrogens is 681 g/mol. The Labute approximate surface area is 302 Å². The topological polar surface area (TPSA) is 4.93 Å². The Morgan fingerprint density at radius 2 is 0.830 bits per heavy atom. The number of halogens is 6. The van der Waals surface area contributed by atoms with Gasteiger partial charge in [0.2, 0.25) is 0 Å². The van der Waals surface area contributed by atoms with Gasteiger partial charge in [0, 0.05) is 16.3 Å². The quantitative estimate of drug-likeness (QED) is 0.157. The minimum atomic E-state index is -4.52. The number of fused-ring (bicyclic) bond motifs is 3. The molecule has 0 saturated carbocycles. The fraction of sp³-hybridized carbons (Fsp3) is 0.0870. The van der Waals surface area contributed by atoms with Gasteiger partial charge in [0.1, 0.15) is 0 Å². The first-order valence-electron chi connectivity index (χ1n) is 17.1. The van der Waals surface area contributed by atoms with Crippen molar-refractivity contribution in [1.82, 2.24) is 4.57 Å². The van der Waals surface area contributed by atoms with Gasteiger partial charge in [0.15, 0.2) is 0 Å². The van der Waals surface area contributed by atoms with Crippen LogP contribution in [0.2, 0.25) is 0 Å². The number of aryl methyl sites for hydroxylation is 2. The highest BCUT2D eigenvalue weighted by molar-refractivity contribution is 6.12. The van der Waals surface area contributed by atoms with Gasteiger partial charge >= 0.3 is 12.4 Å². The zero-order valence-corrected chi connectivity index (χ0v) is 28.6. The molecule has 262 valence electrons. The van der Waals surface area contributed by atoms with E-state index in [1.54, 1.807) is 26.0 Å². The molecule has 0 N–H and O–H groups in total. The Balaban J connectivity index is 1.41. The molecule has 0 radical (unpaired) electrons. The van der Waals surface area contributed by atoms with Crippen molar-refractivity contribution in [3.8, 4) is 50.2 Å². The summed E-state index contributed by atoms with van der Waals surface area (Å²) in [5, 5.41) is 1.51. The number of hydrogen-bond donors (Lipinski definition) is 0. The zero-order chi connectivity index (χ0) is 37.1. The largest absolute Gasteiger partial charge is 0.416 e. The van der Waals surface area contributed by atoms with E-state index in [1.165, 1.54) is 0 Å². The van der Waals surface area contributed by atoms with Crippen LogP contribution in [-0.2, 0) is 12.4 Å². The molecule has 0 aliphatic heterocycles. The summed E-state index contributed by atoms with van der Waals surface area (Å²) in [4.78, 5) is 0. The van der Waals surface area contributed by atoms with Crippen LogP contribution >= 0.6 is 0 Å². The lowest BCUT2D eigenvalue weighted by molar-refractivity contribution is -0.138. The average Bonchev–Trinajstić information content (AvgIpc) is 3.47. The maximum Gasteiger partial charge on any atom is 0.416 e. The summed E-state index contributed by atoms with van der Waals surface area (Å²) in [7, 11) is 0. The Hall–Kier alpha value is -6.08. The van der Waals surface area contributed by atoms with E-state index in [0.717, 1.165) is 74.0 Å². The Kier molecular flexibility index (Phi) is 8.25. The highest BCUT2D eigenvalue weighted by Crippen LogP contribution is 2.43. The minimum Gasteiger partial charge on any atom is -0.309 e. The highest BCUT2D eigenvalue weighted by atomic mass is 19.4. The van der Waals surface area contributed by atoms with Crippen molar-refractivity contribution >= 4 is 21.8 Å². The van der Waals surface area contributed by atoms with Crippen LogP contribution in [0.4, 0.5) is 26.3 Å². The lowest BCUT2D eigenvalue weighted by Crippen LogP contribution is -2.05. The average molecular weight is 712 g/mol. The van der Waals surface area contributed by atoms with Crippen LogP contribution in [0.1, 0.15) is 22.3 Å². The fourth-order valence-electron chi connectivity index (χ4n) is 7.35. The van der Waals surface area contributed by atoms with E-state index >= 15 is 0 Å². The van der Waals surface area contributed by atoms with Gasteiger partial charge in [0.05, 0.1) is 27.8 Å². The first kappa shape index (κ1) is 34.0. The number of benzene rings is 7. The number of alkyl halides is 6. The second kappa shape index (κ2) is 12.8. The predicted molar refractivity (Wildman–Crippen MR) is 202 cm³/mol. The normalized spacial score (nSPS) is 12.2. The summed E-state index contributed by atoms with van der Waals surface area (Å²) in [5.41, 5.74) is 8.06. The lowest BCUT2D eigenvalue weighted by Gasteiger charge is -2.17. The molecule has 0 unspecified atom stereocenters. The van der Waals surface area contributed by atoms with Crippen LogP contribution < -0.4 is 0 Å². The first-order chi connectivity index (χ1) is 25.3. The van der Waals surface area contributed by atoms with Gasteiger partial charge in [-0.05, 0) is 119 Å². The van der Waals surface area contributed by atoms with Crippen molar-refractivity contribution in [2.75, 3.05) is 0 Å². The standard InChI is InChI=1S/C46H31F6N/c1-28-20-33(24-35(22-28)45(47,48)49)31-16-18-43-40(26-31)41-27-32(34-21-29(2)23-36(25-34)46(50,51)52)17-19-44(41)53(43)42-15-9-8-14-39(42)38-13-7-6-12-37(38)30-10-4-3-5-11-30/h3-27H,1-2H3. The van der Waals surface area contributed by atoms with E-state index in [-0.39, 0.29) is 0 Å². The van der Waals surface area contributed by atoms with E-state index in [0.29, 0.717) is 33.4 Å². The van der Waals surface area contributed by atoms with Crippen molar-refractivity contribution in [2.24, 2.45) is 0 Å². The number of para-hydroxylation sites is 1. The van der Waals surface area contributed by atoms with Crippen molar-refractivity contribution in [1.29, 1.82) is 0 Å². The smallest absolute Gasteiger partial charge is 0.309 e. The summed E-state index contributed by atoms with van der Waals surface area (Å²) in [6, 6.07) is 45.5. The highest BCUT2D eigenvalue weighted by Gasteiger charge is 2.32. The molecule has 0 aliphatic rings. The van der Waals surface area contributed by atoms with Crippen LogP contribution in [-0.4, -0.2) is 4.57 Å². The third kappa shape index (κ3) is 6.37. The van der Waals surface area contributed by atoms with Gasteiger partial charge in [0.25, 0.3) is 0 Å². The summed E-state index contributed by atoms with van der Waals surface area (Å²) in [6.07, 6.45) is -9.03. The number of hydrogen-bond acceptors (Lipinski definition) is 0. The Morgan fingerprint density at radius 3 is 1.34 bits per heavy atom. The summed E-state index contributed by atoms with van der Waals surface area (Å²) < 4.78 is 85.5. The third-order valence-electron chi connectivity index (χ3n) is 9.69. The molecule has 53 heavy (non-hydrogen) atoms. The van der Waals surface area contributed by atoms with Crippen LogP contribution in [0.15, 0.2) is 152 Å². The van der Waals surface area contributed by atoms with Crippen molar-refractivity contribution in [3.63, 3.8) is 0 Å². The van der Waals surface area contributed by atoms with Gasteiger partial charge in [-0.25, -0.2) is 0 Å². The molecule has 7 heteroatoms. The molecule has 0 atom stereocenters. The van der Waals surface area contributed by atoms with E-state index in [1.807, 2.05) is 84.9 Å². The molecule has 0 aliphatic carbocycles. The molecule has 0 spiro atoms. The fourth-order valence-corrected chi connectivity index (χ4v) is 7.35. The zero-order valence-electron chi connectivity index (χ0n) is 28.6. The minimum absolute atomic E-state index is 0.418. The predicted octanol–water partition coefficient (Wildman–Crippen LogP) is 14.1. The molecule has 0 amide bonds. The Morgan fingerprint density at radius 1 is 0.377 bits per heavy atom. The van der Waals surface area contributed by atoms with Gasteiger partial charge in [-0.2, -0.15) is 26.3 Å². The molecule has 1 nitrogen and oxygen atoms in total. The van der Waals surface area contributed by atoms with Crippen molar-refractivity contribution in [2.45, 2.75) is 26.2 Å². The van der Waals surface area contributed by atoms with Crippen molar-refractivity contribution < 1.29 is 26.3 Å². The SMILES string of the molecule is Cc1cc(-c2ccc3c(c2)c2cc(-c4cc(C)cc(C(F)(F)F)c4)ccc2n3-c2ccccc2-c2ccccc2-c2ccccc2)cc(C(F)(F)F)c1. The van der Waals surface area contributed by atoms with Gasteiger partial charge < -0.3 is 4.57 Å². The maximum atomic E-state index is 13.9. The van der Waals surface area contributed by atoms with Crippen LogP contribution in [0, 0.1) is 13.8 Å². The summed E-state index contributed by atoms with van der Waals surface area (Å²) in [5.74, 6) is 0. The molecule has 8 aromatic rings. The van der Waals surface area contributed by atoms with Crippen LogP contribution in [0.5, 0.6) is 0 Å². The van der Waals surface area contributed by atoms with E-state index in [9.17, 15) is 26.3 Å². The molecule has 0 fully saturated rings. The van der Waals surface area contributed by atoms with Gasteiger partial charge in [-0.3, -0.25) is 0 Å². The second-order valence-corrected chi connectivity index (χ2v) is 13.4. The maximum absolute atomic E-state index is 13.9. The summed E-state index contributed by atoms with van der Waals surface area (Å²) >= 11 is 0. The monoisotopic (exact) mass is 711 g/mol. The molecular formula is C46H31F6N. The first-order valence-corrected chi connectivity index (χ1v) is 17.1. The molecule has 0 saturated heterocycles. The number of nitrogens with zero attached hydrogens (tertiary/aromatic N) is 1. The summed E-state index contributed by atoms with van der Waals surface area (Å²) in [6.45, 7) is 3.27. The lowest BCUT2D eigenvalue weighted by atomic mass is 9.93. The second-order valence-electron chi connectivity index (χ2n) is 13.4. The number of rotatable bonds is 5. The van der Waals surface area contributed by atoms with Gasteiger partial charge in [-0.15, -0.1) is 0 Å². The molecule has 8 rings (SSSR count). The van der Waals surface area contributed by atoms with E-state index in [4.69, 9.17) is 0 Å². The molecule has 7 aromatic carbocycles. The molecule has 1 aromatic heterocycles. The molecule has 1 heterocycles. The molecule has 0 bridgehead atoms. The Bertz CT molecular complexity index is 2540. The van der Waals surface area contributed by atoms with Crippen LogP contribution in [0.25, 0.3) is 72.0 Å². The number of aromatic nitrogens is 1. The third-order valence-corrected chi connectivity index (χ3v) is 9.69. The van der Waals surface area contributed by atoms with Crippen molar-refractivity contribution in [3.05, 3.63) is 174 Å². The van der Waals surface area contributed by atoms with E-state index in [2.05, 4.69) is 34.9 Å². The van der Waals surface area contributed by atoms with Gasteiger partial charge in [-0.1, -0.05) is 97.1 Å². The van der Waals surface area contributed by atoms with E-state index < -0.39 is 23.5 Å².